The number of hydrogen-bond donors (Lipinski definition) is 2. The van der Waals surface area contributed by atoms with Crippen molar-refractivity contribution in [2.45, 2.75) is 0 Å². The van der Waals surface area contributed by atoms with Gasteiger partial charge in [-0.2, -0.15) is 0 Å². The van der Waals surface area contributed by atoms with Crippen molar-refractivity contribution in [3.05, 3.63) is 30.3 Å². The zero-order chi connectivity index (χ0) is 9.10. The largest absolute Gasteiger partial charge is 0.326 e. The number of nitrogens with zero attached hydrogens (tertiary/aromatic N) is 1. The third-order valence-electron chi connectivity index (χ3n) is 1.68. The number of aliphatic imine (C=N–C) groups is 1. The first kappa shape index (κ1) is 7.79. The van der Waals surface area contributed by atoms with Crippen LogP contribution in [0.3, 0.4) is 0 Å². The Morgan fingerprint density at radius 3 is 2.69 bits per heavy atom. The smallest absolute Gasteiger partial charge is 0.248 e. The van der Waals surface area contributed by atoms with Crippen LogP contribution in [0, 0.1) is 0 Å². The number of benzene rings is 1. The van der Waals surface area contributed by atoms with Gasteiger partial charge < -0.3 is 5.32 Å². The van der Waals surface area contributed by atoms with Crippen molar-refractivity contribution in [3.8, 4) is 0 Å². The second-order valence-corrected chi connectivity index (χ2v) is 2.70. The molecule has 1 amide bonds. The van der Waals surface area contributed by atoms with E-state index in [2.05, 4.69) is 15.6 Å². The molecular weight excluding hydrogens is 166 g/mol. The van der Waals surface area contributed by atoms with E-state index in [1.807, 2.05) is 30.3 Å². The van der Waals surface area contributed by atoms with Gasteiger partial charge >= 0.3 is 0 Å². The van der Waals surface area contributed by atoms with E-state index in [-0.39, 0.29) is 12.5 Å². The first-order valence-corrected chi connectivity index (χ1v) is 4.01. The average Bonchev–Trinajstić information content (AvgIpc) is 2.53. The number of carbonyl (C=O) groups excluding carboxylic acids is 1. The van der Waals surface area contributed by atoms with Gasteiger partial charge in [0, 0.05) is 5.69 Å². The first-order chi connectivity index (χ1) is 6.34. The molecule has 2 N–H and O–H groups in total. The van der Waals surface area contributed by atoms with Crippen molar-refractivity contribution in [1.82, 2.24) is 5.32 Å². The fourth-order valence-electron chi connectivity index (χ4n) is 1.09. The predicted molar refractivity (Wildman–Crippen MR) is 50.5 cm³/mol. The van der Waals surface area contributed by atoms with Crippen LogP contribution in [0.15, 0.2) is 35.3 Å². The van der Waals surface area contributed by atoms with Crippen molar-refractivity contribution in [1.29, 1.82) is 0 Å². The normalized spacial score (nSPS) is 15.1. The minimum absolute atomic E-state index is 0.0709. The number of rotatable bonds is 1. The number of carbonyl (C=O) groups is 1. The fraction of sp³-hybridized carbons (Fsp3) is 0.111. The number of hydrogen-bond acceptors (Lipinski definition) is 3. The number of nitrogens with one attached hydrogen (secondary N) is 2. The average molecular weight is 175 g/mol. The highest BCUT2D eigenvalue weighted by atomic mass is 16.2. The van der Waals surface area contributed by atoms with E-state index < -0.39 is 0 Å². The number of para-hydroxylation sites is 1. The highest BCUT2D eigenvalue weighted by Crippen LogP contribution is 2.05. The molecule has 0 bridgehead atoms. The molecule has 0 fully saturated rings. The maximum Gasteiger partial charge on any atom is 0.248 e. The zero-order valence-electron chi connectivity index (χ0n) is 6.95. The van der Waals surface area contributed by atoms with Crippen LogP contribution in [0.25, 0.3) is 0 Å². The lowest BCUT2D eigenvalue weighted by atomic mass is 10.3. The van der Waals surface area contributed by atoms with Gasteiger partial charge in [-0.1, -0.05) is 18.2 Å². The van der Waals surface area contributed by atoms with Gasteiger partial charge in [0.15, 0.2) is 0 Å². The number of anilines is 1. The summed E-state index contributed by atoms with van der Waals surface area (Å²) >= 11 is 0. The van der Waals surface area contributed by atoms with Crippen LogP contribution >= 0.6 is 0 Å². The van der Waals surface area contributed by atoms with E-state index in [0.29, 0.717) is 5.96 Å². The summed E-state index contributed by atoms with van der Waals surface area (Å²) in [6.07, 6.45) is 0. The predicted octanol–water partition coefficient (Wildman–Crippen LogP) is 0.584. The quantitative estimate of drug-likeness (QED) is 0.656. The lowest BCUT2D eigenvalue weighted by molar-refractivity contribution is -0.117. The Morgan fingerprint density at radius 1 is 1.31 bits per heavy atom. The molecule has 1 aliphatic heterocycles. The molecular formula is C9H9N3O. The Hall–Kier alpha value is -1.84. The third-order valence-corrected chi connectivity index (χ3v) is 1.68. The second kappa shape index (κ2) is 3.26. The molecule has 4 heteroatoms. The van der Waals surface area contributed by atoms with Crippen molar-refractivity contribution in [2.24, 2.45) is 4.99 Å². The molecule has 0 spiro atoms. The van der Waals surface area contributed by atoms with Crippen LogP contribution in [-0.4, -0.2) is 18.4 Å². The summed E-state index contributed by atoms with van der Waals surface area (Å²) in [4.78, 5) is 14.7. The van der Waals surface area contributed by atoms with Gasteiger partial charge in [-0.3, -0.25) is 10.1 Å². The van der Waals surface area contributed by atoms with Gasteiger partial charge in [0.2, 0.25) is 11.9 Å². The maximum atomic E-state index is 10.8. The topological polar surface area (TPSA) is 53.5 Å². The number of amides is 1. The number of guanidine groups is 1. The molecule has 1 heterocycles. The molecule has 0 saturated heterocycles. The molecule has 1 aromatic carbocycles. The van der Waals surface area contributed by atoms with Crippen LogP contribution in [0.1, 0.15) is 0 Å². The summed E-state index contributed by atoms with van der Waals surface area (Å²) < 4.78 is 0. The minimum Gasteiger partial charge on any atom is -0.326 e. The molecule has 4 nitrogen and oxygen atoms in total. The van der Waals surface area contributed by atoms with Gasteiger partial charge in [-0.25, -0.2) is 4.99 Å². The summed E-state index contributed by atoms with van der Waals surface area (Å²) in [5.74, 6) is 0.453. The molecule has 0 atom stereocenters. The molecule has 1 aromatic rings. The Balaban J connectivity index is 2.04. The van der Waals surface area contributed by atoms with E-state index >= 15 is 0 Å². The molecule has 2 rings (SSSR count). The van der Waals surface area contributed by atoms with Crippen LogP contribution < -0.4 is 10.6 Å². The van der Waals surface area contributed by atoms with E-state index in [1.54, 1.807) is 0 Å². The van der Waals surface area contributed by atoms with Crippen LogP contribution in [-0.2, 0) is 4.79 Å². The fourth-order valence-corrected chi connectivity index (χ4v) is 1.09. The van der Waals surface area contributed by atoms with Crippen LogP contribution in [0.4, 0.5) is 5.69 Å². The Morgan fingerprint density at radius 2 is 2.08 bits per heavy atom. The minimum atomic E-state index is -0.0709. The van der Waals surface area contributed by atoms with Gasteiger partial charge in [0.05, 0.1) is 0 Å². The molecule has 1 aliphatic rings. The standard InChI is InChI=1S/C9H9N3O/c13-8-6-10-9(12-8)11-7-4-2-1-3-5-7/h1-5H,6H2,(H2,10,11,12,13). The van der Waals surface area contributed by atoms with E-state index in [4.69, 9.17) is 0 Å². The van der Waals surface area contributed by atoms with Crippen molar-refractivity contribution in [2.75, 3.05) is 11.9 Å². The van der Waals surface area contributed by atoms with Gasteiger partial charge in [-0.15, -0.1) is 0 Å². The van der Waals surface area contributed by atoms with Crippen LogP contribution in [0.5, 0.6) is 0 Å². The second-order valence-electron chi connectivity index (χ2n) is 2.70. The molecule has 13 heavy (non-hydrogen) atoms. The molecule has 0 aliphatic carbocycles. The summed E-state index contributed by atoms with van der Waals surface area (Å²) in [5.41, 5.74) is 0.920. The summed E-state index contributed by atoms with van der Waals surface area (Å²) in [6.45, 7) is 0.217. The highest BCUT2D eigenvalue weighted by molar-refractivity contribution is 6.08. The van der Waals surface area contributed by atoms with Gasteiger partial charge in [0.25, 0.3) is 0 Å². The molecule has 0 saturated carbocycles. The third kappa shape index (κ3) is 1.84. The van der Waals surface area contributed by atoms with Crippen molar-refractivity contribution >= 4 is 17.6 Å². The summed E-state index contributed by atoms with van der Waals surface area (Å²) in [6, 6.07) is 9.58. The maximum absolute atomic E-state index is 10.8. The molecule has 0 radical (unpaired) electrons. The lowest BCUT2D eigenvalue weighted by Crippen LogP contribution is -2.30. The van der Waals surface area contributed by atoms with E-state index in [9.17, 15) is 4.79 Å². The summed E-state index contributed by atoms with van der Waals surface area (Å²) in [5, 5.41) is 5.59. The zero-order valence-corrected chi connectivity index (χ0v) is 6.95. The summed E-state index contributed by atoms with van der Waals surface area (Å²) in [7, 11) is 0. The van der Waals surface area contributed by atoms with Crippen molar-refractivity contribution in [3.63, 3.8) is 0 Å². The van der Waals surface area contributed by atoms with E-state index in [0.717, 1.165) is 5.69 Å². The van der Waals surface area contributed by atoms with Gasteiger partial charge in [0.1, 0.15) is 6.54 Å². The Labute approximate surface area is 75.7 Å². The lowest BCUT2D eigenvalue weighted by Gasteiger charge is -2.04. The van der Waals surface area contributed by atoms with E-state index in [1.165, 1.54) is 0 Å². The molecule has 0 aromatic heterocycles. The molecule has 66 valence electrons. The first-order valence-electron chi connectivity index (χ1n) is 4.01. The Kier molecular flexibility index (Phi) is 1.96. The van der Waals surface area contributed by atoms with Gasteiger partial charge in [-0.05, 0) is 12.1 Å². The highest BCUT2D eigenvalue weighted by Gasteiger charge is 2.12. The van der Waals surface area contributed by atoms with Crippen LogP contribution in [0.2, 0.25) is 0 Å². The SMILES string of the molecule is O=C1CN=C(Nc2ccccc2)N1. The molecule has 0 unspecified atom stereocenters. The van der Waals surface area contributed by atoms with Crippen molar-refractivity contribution < 1.29 is 4.79 Å². The monoisotopic (exact) mass is 175 g/mol. The Bertz CT molecular complexity index is 345.